The van der Waals surface area contributed by atoms with Gasteiger partial charge in [0.2, 0.25) is 0 Å². The highest BCUT2D eigenvalue weighted by atomic mass is 28.3. The molecule has 0 N–H and O–H groups in total. The van der Waals surface area contributed by atoms with Gasteiger partial charge in [-0.05, 0) is 29.3 Å². The van der Waals surface area contributed by atoms with Gasteiger partial charge in [0.25, 0.3) is 0 Å². The summed E-state index contributed by atoms with van der Waals surface area (Å²) in [4.78, 5) is 2.43. The summed E-state index contributed by atoms with van der Waals surface area (Å²) in [5.74, 6) is 2.84. The summed E-state index contributed by atoms with van der Waals surface area (Å²) in [6, 6.07) is 23.4. The minimum atomic E-state index is -2.27. The zero-order chi connectivity index (χ0) is 20.4. The SMILES string of the molecule is C#CCN1C[C@@H](C)N([Si](c2ccccc2)(c2ccccc2)C(C)(C)C)[C@@H](C)C1. The van der Waals surface area contributed by atoms with E-state index in [0.29, 0.717) is 12.1 Å². The van der Waals surface area contributed by atoms with Crippen molar-refractivity contribution in [2.24, 2.45) is 0 Å². The molecule has 0 aromatic heterocycles. The second-order valence-electron chi connectivity index (χ2n) is 9.20. The van der Waals surface area contributed by atoms with Gasteiger partial charge in [-0.1, -0.05) is 87.4 Å². The lowest BCUT2D eigenvalue weighted by Crippen LogP contribution is -2.80. The number of terminal acetylenes is 1. The molecule has 0 bridgehead atoms. The molecule has 28 heavy (non-hydrogen) atoms. The average molecular weight is 391 g/mol. The fourth-order valence-corrected chi connectivity index (χ4v) is 11.7. The number of hydrogen-bond acceptors (Lipinski definition) is 2. The van der Waals surface area contributed by atoms with Crippen LogP contribution < -0.4 is 10.4 Å². The first kappa shape index (κ1) is 20.9. The van der Waals surface area contributed by atoms with Crippen LogP contribution in [0.25, 0.3) is 0 Å². The van der Waals surface area contributed by atoms with Gasteiger partial charge in [0.05, 0.1) is 6.54 Å². The highest BCUT2D eigenvalue weighted by Gasteiger charge is 2.56. The Labute approximate surface area is 172 Å². The molecule has 3 rings (SSSR count). The van der Waals surface area contributed by atoms with Gasteiger partial charge in [-0.25, -0.2) is 0 Å². The largest absolute Gasteiger partial charge is 0.309 e. The summed E-state index contributed by atoms with van der Waals surface area (Å²) in [6.07, 6.45) is 5.63. The lowest BCUT2D eigenvalue weighted by atomic mass is 10.1. The van der Waals surface area contributed by atoms with E-state index in [0.717, 1.165) is 19.6 Å². The Kier molecular flexibility index (Phi) is 6.14. The van der Waals surface area contributed by atoms with Gasteiger partial charge in [0.1, 0.15) is 0 Å². The van der Waals surface area contributed by atoms with E-state index in [-0.39, 0.29) is 5.04 Å². The highest BCUT2D eigenvalue weighted by molar-refractivity contribution is 7.02. The maximum absolute atomic E-state index is 5.63. The van der Waals surface area contributed by atoms with E-state index >= 15 is 0 Å². The summed E-state index contributed by atoms with van der Waals surface area (Å²) in [7, 11) is -2.27. The first-order chi connectivity index (χ1) is 13.3. The standard InChI is InChI=1S/C25H34N2Si/c1-7-18-26-19-21(2)27(22(3)20-26)28(25(4,5)6,23-14-10-8-11-15-23)24-16-12-9-13-17-24/h1,8-17,21-22H,18-20H2,2-6H3/t21-,22+. The zero-order valence-electron chi connectivity index (χ0n) is 18.0. The third kappa shape index (κ3) is 3.57. The smallest absolute Gasteiger partial charge is 0.198 e. The van der Waals surface area contributed by atoms with Crippen LogP contribution in [0.2, 0.25) is 5.04 Å². The van der Waals surface area contributed by atoms with Crippen LogP contribution in [0.4, 0.5) is 0 Å². The lowest BCUT2D eigenvalue weighted by Gasteiger charge is -2.58. The van der Waals surface area contributed by atoms with E-state index in [1.165, 1.54) is 10.4 Å². The number of hydrogen-bond donors (Lipinski definition) is 0. The maximum atomic E-state index is 5.63. The molecular formula is C25H34N2Si. The Hall–Kier alpha value is -1.86. The fraction of sp³-hybridized carbons (Fsp3) is 0.440. The third-order valence-corrected chi connectivity index (χ3v) is 12.3. The van der Waals surface area contributed by atoms with Crippen LogP contribution in [-0.4, -0.2) is 49.4 Å². The molecule has 0 unspecified atom stereocenters. The van der Waals surface area contributed by atoms with Crippen LogP contribution in [0.1, 0.15) is 34.6 Å². The molecular weight excluding hydrogens is 356 g/mol. The Balaban J connectivity index is 2.24. The van der Waals surface area contributed by atoms with Crippen LogP contribution in [-0.2, 0) is 0 Å². The molecule has 1 aliphatic heterocycles. The van der Waals surface area contributed by atoms with Crippen molar-refractivity contribution >= 4 is 18.6 Å². The van der Waals surface area contributed by atoms with Gasteiger partial charge in [0.15, 0.2) is 8.24 Å². The van der Waals surface area contributed by atoms with Crippen molar-refractivity contribution in [2.75, 3.05) is 19.6 Å². The second kappa shape index (κ2) is 8.25. The molecule has 1 heterocycles. The highest BCUT2D eigenvalue weighted by Crippen LogP contribution is 2.41. The topological polar surface area (TPSA) is 6.48 Å². The van der Waals surface area contributed by atoms with Crippen LogP contribution in [0, 0.1) is 12.3 Å². The van der Waals surface area contributed by atoms with Gasteiger partial charge in [-0.3, -0.25) is 4.90 Å². The van der Waals surface area contributed by atoms with E-state index in [1.807, 2.05) is 0 Å². The van der Waals surface area contributed by atoms with Crippen molar-refractivity contribution in [3.8, 4) is 12.3 Å². The Morgan fingerprint density at radius 3 is 1.68 bits per heavy atom. The van der Waals surface area contributed by atoms with Gasteiger partial charge in [0, 0.05) is 25.2 Å². The molecule has 0 amide bonds. The first-order valence-corrected chi connectivity index (χ1v) is 12.3. The quantitative estimate of drug-likeness (QED) is 0.582. The monoisotopic (exact) mass is 390 g/mol. The van der Waals surface area contributed by atoms with E-state index in [1.54, 1.807) is 0 Å². The lowest BCUT2D eigenvalue weighted by molar-refractivity contribution is 0.104. The van der Waals surface area contributed by atoms with Gasteiger partial charge < -0.3 is 4.57 Å². The normalized spacial score (nSPS) is 22.0. The van der Waals surface area contributed by atoms with Crippen molar-refractivity contribution in [3.05, 3.63) is 60.7 Å². The molecule has 1 aliphatic rings. The van der Waals surface area contributed by atoms with E-state index in [2.05, 4.69) is 111 Å². The zero-order valence-corrected chi connectivity index (χ0v) is 19.0. The van der Waals surface area contributed by atoms with Crippen molar-refractivity contribution in [1.29, 1.82) is 0 Å². The Bertz CT molecular complexity index is 752. The molecule has 0 saturated carbocycles. The number of benzene rings is 2. The predicted octanol–water partition coefficient (Wildman–Crippen LogP) is 3.57. The van der Waals surface area contributed by atoms with Crippen LogP contribution >= 0.6 is 0 Å². The first-order valence-electron chi connectivity index (χ1n) is 10.4. The molecule has 2 aromatic carbocycles. The van der Waals surface area contributed by atoms with Crippen molar-refractivity contribution in [1.82, 2.24) is 9.47 Å². The van der Waals surface area contributed by atoms with E-state index < -0.39 is 8.24 Å². The van der Waals surface area contributed by atoms with Crippen molar-refractivity contribution in [2.45, 2.75) is 51.7 Å². The van der Waals surface area contributed by atoms with Crippen molar-refractivity contribution in [3.63, 3.8) is 0 Å². The van der Waals surface area contributed by atoms with Gasteiger partial charge >= 0.3 is 0 Å². The van der Waals surface area contributed by atoms with E-state index in [4.69, 9.17) is 6.42 Å². The summed E-state index contributed by atoms with van der Waals surface area (Å²) in [6.45, 7) is 14.9. The third-order valence-electron chi connectivity index (χ3n) is 6.17. The molecule has 148 valence electrons. The van der Waals surface area contributed by atoms with Crippen LogP contribution in [0.5, 0.6) is 0 Å². The molecule has 2 aromatic rings. The summed E-state index contributed by atoms with van der Waals surface area (Å²) in [5, 5.41) is 3.13. The van der Waals surface area contributed by atoms with E-state index in [9.17, 15) is 0 Å². The second-order valence-corrected chi connectivity index (χ2v) is 13.8. The van der Waals surface area contributed by atoms with Gasteiger partial charge in [-0.15, -0.1) is 6.42 Å². The number of rotatable bonds is 4. The maximum Gasteiger partial charge on any atom is 0.198 e. The number of piperazine rings is 1. The van der Waals surface area contributed by atoms with Crippen LogP contribution in [0.3, 0.4) is 0 Å². The molecule has 1 fully saturated rings. The Morgan fingerprint density at radius 2 is 1.32 bits per heavy atom. The summed E-state index contributed by atoms with van der Waals surface area (Å²) >= 11 is 0. The molecule has 1 saturated heterocycles. The summed E-state index contributed by atoms with van der Waals surface area (Å²) < 4.78 is 2.89. The molecule has 3 heteroatoms. The molecule has 2 atom stereocenters. The molecule has 0 aliphatic carbocycles. The fourth-order valence-electron chi connectivity index (χ4n) is 5.43. The minimum absolute atomic E-state index is 0.131. The minimum Gasteiger partial charge on any atom is -0.309 e. The van der Waals surface area contributed by atoms with Crippen LogP contribution in [0.15, 0.2) is 60.7 Å². The Morgan fingerprint density at radius 1 is 0.893 bits per heavy atom. The molecule has 0 spiro atoms. The molecule has 0 radical (unpaired) electrons. The van der Waals surface area contributed by atoms with Crippen molar-refractivity contribution < 1.29 is 0 Å². The molecule has 2 nitrogen and oxygen atoms in total. The summed E-state index contributed by atoms with van der Waals surface area (Å²) in [5.41, 5.74) is 0. The predicted molar refractivity (Wildman–Crippen MR) is 124 cm³/mol. The number of nitrogens with zero attached hydrogens (tertiary/aromatic N) is 2. The van der Waals surface area contributed by atoms with Gasteiger partial charge in [-0.2, -0.15) is 0 Å². The average Bonchev–Trinajstić information content (AvgIpc) is 2.65.